The third-order valence-corrected chi connectivity index (χ3v) is 6.26. The van der Waals surface area contributed by atoms with Crippen LogP contribution in [0.25, 0.3) is 0 Å². The minimum absolute atomic E-state index is 0.127. The number of benzene rings is 2. The summed E-state index contributed by atoms with van der Waals surface area (Å²) in [5.41, 5.74) is 2.47. The summed E-state index contributed by atoms with van der Waals surface area (Å²) < 4.78 is 0. The minimum atomic E-state index is -0.365. The van der Waals surface area contributed by atoms with Gasteiger partial charge in [0.2, 0.25) is 5.91 Å². The summed E-state index contributed by atoms with van der Waals surface area (Å²) in [6.45, 7) is 2.40. The van der Waals surface area contributed by atoms with Crippen molar-refractivity contribution in [1.82, 2.24) is 10.2 Å². The molecule has 1 N–H and O–H groups in total. The van der Waals surface area contributed by atoms with Crippen molar-refractivity contribution in [2.45, 2.75) is 32.4 Å². The number of fused-ring (bicyclic) bond motifs is 3. The van der Waals surface area contributed by atoms with Gasteiger partial charge in [0.1, 0.15) is 11.9 Å². The maximum absolute atomic E-state index is 12.5. The zero-order valence-electron chi connectivity index (χ0n) is 16.5. The zero-order valence-corrected chi connectivity index (χ0v) is 18.0. The fraction of sp³-hybridized carbons (Fsp3) is 0.273. The predicted octanol–water partition coefficient (Wildman–Crippen LogP) is 4.15. The van der Waals surface area contributed by atoms with Crippen molar-refractivity contribution in [2.24, 2.45) is 9.98 Å². The molecule has 8 heteroatoms. The number of carbonyl (C=O) groups is 2. The molecule has 0 aromatic heterocycles. The molecule has 0 radical (unpaired) electrons. The fourth-order valence-corrected chi connectivity index (χ4v) is 4.55. The van der Waals surface area contributed by atoms with Crippen molar-refractivity contribution in [3.8, 4) is 0 Å². The number of para-hydroxylation sites is 1. The van der Waals surface area contributed by atoms with Crippen molar-refractivity contribution in [1.29, 1.82) is 0 Å². The molecule has 2 aliphatic heterocycles. The van der Waals surface area contributed by atoms with Gasteiger partial charge in [0.25, 0.3) is 5.91 Å². The Morgan fingerprint density at radius 3 is 2.73 bits per heavy atom. The minimum Gasteiger partial charge on any atom is -0.351 e. The summed E-state index contributed by atoms with van der Waals surface area (Å²) in [6.07, 6.45) is 1.54. The van der Waals surface area contributed by atoms with Gasteiger partial charge in [-0.3, -0.25) is 14.5 Å². The molecule has 0 saturated heterocycles. The molecule has 1 unspecified atom stereocenters. The first-order valence-corrected chi connectivity index (χ1v) is 11.2. The van der Waals surface area contributed by atoms with Crippen LogP contribution in [-0.2, 0) is 16.1 Å². The Morgan fingerprint density at radius 1 is 1.17 bits per heavy atom. The summed E-state index contributed by atoms with van der Waals surface area (Å²) in [4.78, 5) is 35.9. The van der Waals surface area contributed by atoms with E-state index in [1.165, 1.54) is 11.8 Å². The van der Waals surface area contributed by atoms with E-state index in [0.29, 0.717) is 29.0 Å². The van der Waals surface area contributed by atoms with Crippen LogP contribution < -0.4 is 5.32 Å². The van der Waals surface area contributed by atoms with Crippen LogP contribution >= 0.6 is 23.4 Å². The first-order chi connectivity index (χ1) is 14.6. The second kappa shape index (κ2) is 9.02. The van der Waals surface area contributed by atoms with Crippen LogP contribution in [-0.4, -0.2) is 39.5 Å². The molecular formula is C22H21ClN4O2S. The lowest BCUT2D eigenvalue weighted by atomic mass is 10.1. The molecule has 30 heavy (non-hydrogen) atoms. The SMILES string of the molecule is CCCC1C(=O)N=C2c3ccccc3N=C(SCC(=O)NCc3ccccc3Cl)N21. The number of hydrogen-bond donors (Lipinski definition) is 1. The number of amidine groups is 2. The zero-order chi connectivity index (χ0) is 21.1. The summed E-state index contributed by atoms with van der Waals surface area (Å²) in [7, 11) is 0. The molecule has 1 atom stereocenters. The van der Waals surface area contributed by atoms with E-state index in [0.717, 1.165) is 23.2 Å². The first-order valence-electron chi connectivity index (χ1n) is 9.81. The summed E-state index contributed by atoms with van der Waals surface area (Å²) in [5.74, 6) is 0.531. The molecule has 2 aromatic carbocycles. The van der Waals surface area contributed by atoms with Crippen molar-refractivity contribution in [2.75, 3.05) is 5.75 Å². The Bertz CT molecular complexity index is 1050. The van der Waals surface area contributed by atoms with E-state index in [9.17, 15) is 9.59 Å². The van der Waals surface area contributed by atoms with E-state index in [1.54, 1.807) is 6.07 Å². The van der Waals surface area contributed by atoms with E-state index in [1.807, 2.05) is 54.3 Å². The fourth-order valence-electron chi connectivity index (χ4n) is 3.47. The Labute approximate surface area is 184 Å². The van der Waals surface area contributed by atoms with Gasteiger partial charge in [0, 0.05) is 17.1 Å². The van der Waals surface area contributed by atoms with Crippen LogP contribution in [0.15, 0.2) is 58.5 Å². The maximum Gasteiger partial charge on any atom is 0.270 e. The second-order valence-electron chi connectivity index (χ2n) is 7.02. The van der Waals surface area contributed by atoms with Gasteiger partial charge in [-0.05, 0) is 30.2 Å². The molecule has 0 spiro atoms. The standard InChI is InChI=1S/C22H21ClN4O2S/c1-2-7-18-21(29)26-20-15-9-4-6-11-17(15)25-22(27(18)20)30-13-19(28)24-12-14-8-3-5-10-16(14)23/h3-6,8-11,18H,2,7,12-13H2,1H3,(H,24,28). The van der Waals surface area contributed by atoms with Gasteiger partial charge in [-0.2, -0.15) is 4.99 Å². The molecule has 0 bridgehead atoms. The first kappa shape index (κ1) is 20.6. The van der Waals surface area contributed by atoms with Crippen molar-refractivity contribution in [3.05, 3.63) is 64.7 Å². The summed E-state index contributed by atoms with van der Waals surface area (Å²) >= 11 is 7.46. The molecule has 0 aliphatic carbocycles. The van der Waals surface area contributed by atoms with Crippen molar-refractivity contribution < 1.29 is 9.59 Å². The lowest BCUT2D eigenvalue weighted by molar-refractivity contribution is -0.120. The predicted molar refractivity (Wildman–Crippen MR) is 121 cm³/mol. The van der Waals surface area contributed by atoms with Crippen LogP contribution in [0.3, 0.4) is 0 Å². The van der Waals surface area contributed by atoms with E-state index in [-0.39, 0.29) is 23.6 Å². The quantitative estimate of drug-likeness (QED) is 0.732. The highest BCUT2D eigenvalue weighted by Gasteiger charge is 2.41. The molecule has 0 saturated carbocycles. The van der Waals surface area contributed by atoms with Gasteiger partial charge in [0.15, 0.2) is 5.17 Å². The van der Waals surface area contributed by atoms with E-state index in [2.05, 4.69) is 10.3 Å². The van der Waals surface area contributed by atoms with Gasteiger partial charge in [-0.1, -0.05) is 67.0 Å². The highest BCUT2D eigenvalue weighted by Crippen LogP contribution is 2.35. The molecular weight excluding hydrogens is 420 g/mol. The van der Waals surface area contributed by atoms with Crippen molar-refractivity contribution in [3.63, 3.8) is 0 Å². The smallest absolute Gasteiger partial charge is 0.270 e. The van der Waals surface area contributed by atoms with Crippen LogP contribution in [0.2, 0.25) is 5.02 Å². The van der Waals surface area contributed by atoms with E-state index < -0.39 is 0 Å². The molecule has 154 valence electrons. The largest absolute Gasteiger partial charge is 0.351 e. The van der Waals surface area contributed by atoms with Gasteiger partial charge < -0.3 is 5.32 Å². The number of hydrogen-bond acceptors (Lipinski definition) is 5. The average Bonchev–Trinajstić information content (AvgIpc) is 3.08. The van der Waals surface area contributed by atoms with Crippen LogP contribution in [0.1, 0.15) is 30.9 Å². The Morgan fingerprint density at radius 2 is 1.93 bits per heavy atom. The van der Waals surface area contributed by atoms with Crippen LogP contribution in [0.4, 0.5) is 5.69 Å². The second-order valence-corrected chi connectivity index (χ2v) is 8.37. The number of thioether (sulfide) groups is 1. The van der Waals surface area contributed by atoms with Gasteiger partial charge in [-0.25, -0.2) is 4.99 Å². The summed E-state index contributed by atoms with van der Waals surface area (Å²) in [5, 5.41) is 4.14. The molecule has 2 amide bonds. The number of rotatable bonds is 6. The molecule has 0 fully saturated rings. The van der Waals surface area contributed by atoms with E-state index in [4.69, 9.17) is 16.6 Å². The normalized spacial score (nSPS) is 17.2. The number of halogens is 1. The molecule has 2 heterocycles. The Balaban J connectivity index is 1.49. The number of carbonyl (C=O) groups excluding carboxylic acids is 2. The molecule has 2 aromatic rings. The van der Waals surface area contributed by atoms with Crippen molar-refractivity contribution >= 4 is 51.9 Å². The summed E-state index contributed by atoms with van der Waals surface area (Å²) in [6, 6.07) is 14.7. The Kier molecular flexibility index (Phi) is 6.20. The number of aliphatic imine (C=N–C) groups is 2. The molecule has 4 rings (SSSR count). The van der Waals surface area contributed by atoms with Gasteiger partial charge >= 0.3 is 0 Å². The van der Waals surface area contributed by atoms with E-state index >= 15 is 0 Å². The number of nitrogens with one attached hydrogen (secondary N) is 1. The van der Waals surface area contributed by atoms with Gasteiger partial charge in [0.05, 0.1) is 11.4 Å². The van der Waals surface area contributed by atoms with Crippen LogP contribution in [0, 0.1) is 0 Å². The monoisotopic (exact) mass is 440 g/mol. The molecule has 2 aliphatic rings. The lowest BCUT2D eigenvalue weighted by Gasteiger charge is -2.30. The third kappa shape index (κ3) is 4.13. The average molecular weight is 441 g/mol. The highest BCUT2D eigenvalue weighted by molar-refractivity contribution is 8.14. The van der Waals surface area contributed by atoms with Crippen LogP contribution in [0.5, 0.6) is 0 Å². The topological polar surface area (TPSA) is 74.1 Å². The number of nitrogens with zero attached hydrogens (tertiary/aromatic N) is 3. The highest BCUT2D eigenvalue weighted by atomic mass is 35.5. The maximum atomic E-state index is 12.5. The van der Waals surface area contributed by atoms with Gasteiger partial charge in [-0.15, -0.1) is 0 Å². The molecule has 6 nitrogen and oxygen atoms in total. The third-order valence-electron chi connectivity index (χ3n) is 4.94. The lowest BCUT2D eigenvalue weighted by Crippen LogP contribution is -2.44. The number of amides is 2. The Hall–Kier alpha value is -2.64.